The third-order valence-electron chi connectivity index (χ3n) is 2.89. The first-order valence-electron chi connectivity index (χ1n) is 6.44. The Bertz CT molecular complexity index is 675. The zero-order valence-electron chi connectivity index (χ0n) is 11.7. The van der Waals surface area contributed by atoms with Gasteiger partial charge in [0.05, 0.1) is 17.9 Å². The van der Waals surface area contributed by atoms with Gasteiger partial charge < -0.3 is 4.74 Å². The number of halogens is 2. The van der Waals surface area contributed by atoms with Crippen LogP contribution >= 0.6 is 0 Å². The lowest BCUT2D eigenvalue weighted by Gasteiger charge is -2.07. The highest BCUT2D eigenvalue weighted by atomic mass is 19.1. The van der Waals surface area contributed by atoms with Gasteiger partial charge in [-0.1, -0.05) is 6.07 Å². The molecule has 2 rings (SSSR count). The van der Waals surface area contributed by atoms with Gasteiger partial charge >= 0.3 is 5.97 Å². The number of rotatable bonds is 4. The Hall–Kier alpha value is -2.37. The average Bonchev–Trinajstić information content (AvgIpc) is 2.42. The van der Waals surface area contributed by atoms with E-state index < -0.39 is 17.6 Å². The number of benzene rings is 1. The molecule has 110 valence electrons. The van der Waals surface area contributed by atoms with Crippen LogP contribution in [0.4, 0.5) is 8.78 Å². The molecule has 0 atom stereocenters. The van der Waals surface area contributed by atoms with Crippen molar-refractivity contribution in [3.05, 3.63) is 58.7 Å². The lowest BCUT2D eigenvalue weighted by molar-refractivity contribution is 0.0524. The van der Waals surface area contributed by atoms with E-state index in [-0.39, 0.29) is 18.6 Å². The van der Waals surface area contributed by atoms with Gasteiger partial charge in [0.1, 0.15) is 17.5 Å². The molecule has 0 saturated heterocycles. The van der Waals surface area contributed by atoms with Crippen molar-refractivity contribution in [2.45, 2.75) is 20.3 Å². The summed E-state index contributed by atoms with van der Waals surface area (Å²) in [6.07, 6.45) is 1.48. The molecular formula is C15H14F2N2O2. The van der Waals surface area contributed by atoms with Crippen LogP contribution in [-0.4, -0.2) is 22.5 Å². The molecule has 1 aromatic carbocycles. The fraction of sp³-hybridized carbons (Fsp3) is 0.267. The Labute approximate surface area is 120 Å². The lowest BCUT2D eigenvalue weighted by Crippen LogP contribution is -2.10. The van der Waals surface area contributed by atoms with E-state index in [0.29, 0.717) is 17.1 Å². The second-order valence-corrected chi connectivity index (χ2v) is 4.42. The third kappa shape index (κ3) is 3.59. The summed E-state index contributed by atoms with van der Waals surface area (Å²) in [5.41, 5.74) is 1.03. The first-order chi connectivity index (χ1) is 10.0. The Kier molecular flexibility index (Phi) is 4.57. The number of carbonyl (C=O) groups is 1. The SMILES string of the molecule is CCOC(=O)c1cnc(Cc2ccc(F)cc2F)nc1C. The zero-order chi connectivity index (χ0) is 15.4. The number of ether oxygens (including phenoxy) is 1. The molecule has 0 saturated carbocycles. The molecule has 0 aliphatic rings. The molecule has 0 aliphatic carbocycles. The van der Waals surface area contributed by atoms with E-state index >= 15 is 0 Å². The molecular weight excluding hydrogens is 278 g/mol. The quantitative estimate of drug-likeness (QED) is 0.813. The van der Waals surface area contributed by atoms with E-state index in [9.17, 15) is 13.6 Å². The summed E-state index contributed by atoms with van der Waals surface area (Å²) in [4.78, 5) is 19.8. The lowest BCUT2D eigenvalue weighted by atomic mass is 10.1. The summed E-state index contributed by atoms with van der Waals surface area (Å²) >= 11 is 0. The van der Waals surface area contributed by atoms with Crippen LogP contribution in [0.5, 0.6) is 0 Å². The van der Waals surface area contributed by atoms with Gasteiger partial charge in [0.25, 0.3) is 0 Å². The van der Waals surface area contributed by atoms with Gasteiger partial charge in [-0.2, -0.15) is 0 Å². The van der Waals surface area contributed by atoms with Crippen LogP contribution in [0.25, 0.3) is 0 Å². The second kappa shape index (κ2) is 6.39. The first-order valence-corrected chi connectivity index (χ1v) is 6.44. The predicted octanol–water partition coefficient (Wildman–Crippen LogP) is 2.83. The van der Waals surface area contributed by atoms with Crippen molar-refractivity contribution in [2.75, 3.05) is 6.61 Å². The molecule has 0 aliphatic heterocycles. The summed E-state index contributed by atoms with van der Waals surface area (Å²) in [6.45, 7) is 3.62. The second-order valence-electron chi connectivity index (χ2n) is 4.42. The highest BCUT2D eigenvalue weighted by molar-refractivity contribution is 5.90. The Morgan fingerprint density at radius 2 is 2.10 bits per heavy atom. The van der Waals surface area contributed by atoms with E-state index in [1.807, 2.05) is 0 Å². The number of hydrogen-bond acceptors (Lipinski definition) is 4. The Balaban J connectivity index is 2.22. The van der Waals surface area contributed by atoms with Gasteiger partial charge in [0, 0.05) is 18.7 Å². The maximum Gasteiger partial charge on any atom is 0.341 e. The van der Waals surface area contributed by atoms with Crippen molar-refractivity contribution in [2.24, 2.45) is 0 Å². The van der Waals surface area contributed by atoms with Crippen LogP contribution < -0.4 is 0 Å². The van der Waals surface area contributed by atoms with E-state index in [1.165, 1.54) is 18.3 Å². The first kappa shape index (κ1) is 15.0. The molecule has 0 amide bonds. The molecule has 2 aromatic rings. The van der Waals surface area contributed by atoms with Gasteiger partial charge in [-0.05, 0) is 25.5 Å². The predicted molar refractivity (Wildman–Crippen MR) is 71.9 cm³/mol. The van der Waals surface area contributed by atoms with Crippen molar-refractivity contribution >= 4 is 5.97 Å². The standard InChI is InChI=1S/C15H14F2N2O2/c1-3-21-15(20)12-8-18-14(19-9(12)2)6-10-4-5-11(16)7-13(10)17/h4-5,7-8H,3,6H2,1-2H3. The van der Waals surface area contributed by atoms with Crippen LogP contribution in [0.2, 0.25) is 0 Å². The maximum atomic E-state index is 13.6. The van der Waals surface area contributed by atoms with Gasteiger partial charge in [-0.3, -0.25) is 0 Å². The van der Waals surface area contributed by atoms with Gasteiger partial charge in [-0.15, -0.1) is 0 Å². The molecule has 0 radical (unpaired) electrons. The van der Waals surface area contributed by atoms with Crippen molar-refractivity contribution in [3.63, 3.8) is 0 Å². The molecule has 6 heteroatoms. The molecule has 0 unspecified atom stereocenters. The molecule has 0 spiro atoms. The Morgan fingerprint density at radius 1 is 1.33 bits per heavy atom. The van der Waals surface area contributed by atoms with E-state index in [1.54, 1.807) is 13.8 Å². The monoisotopic (exact) mass is 292 g/mol. The normalized spacial score (nSPS) is 10.5. The minimum atomic E-state index is -0.647. The number of esters is 1. The fourth-order valence-electron chi connectivity index (χ4n) is 1.84. The average molecular weight is 292 g/mol. The van der Waals surface area contributed by atoms with E-state index in [2.05, 4.69) is 9.97 Å². The summed E-state index contributed by atoms with van der Waals surface area (Å²) in [5.74, 6) is -1.42. The molecule has 1 heterocycles. The largest absolute Gasteiger partial charge is 0.462 e. The minimum Gasteiger partial charge on any atom is -0.462 e. The van der Waals surface area contributed by atoms with Gasteiger partial charge in [0.15, 0.2) is 0 Å². The molecule has 0 N–H and O–H groups in total. The smallest absolute Gasteiger partial charge is 0.341 e. The maximum absolute atomic E-state index is 13.6. The molecule has 1 aromatic heterocycles. The number of aromatic nitrogens is 2. The van der Waals surface area contributed by atoms with Crippen LogP contribution in [0.1, 0.15) is 34.4 Å². The number of nitrogens with zero attached hydrogens (tertiary/aromatic N) is 2. The summed E-state index contributed by atoms with van der Waals surface area (Å²) in [5, 5.41) is 0. The topological polar surface area (TPSA) is 52.1 Å². The third-order valence-corrected chi connectivity index (χ3v) is 2.89. The van der Waals surface area contributed by atoms with Crippen molar-refractivity contribution in [1.82, 2.24) is 9.97 Å². The number of hydrogen-bond donors (Lipinski definition) is 0. The Morgan fingerprint density at radius 3 is 2.71 bits per heavy atom. The zero-order valence-corrected chi connectivity index (χ0v) is 11.7. The van der Waals surface area contributed by atoms with Gasteiger partial charge in [0.2, 0.25) is 0 Å². The number of carbonyl (C=O) groups excluding carboxylic acids is 1. The molecule has 4 nitrogen and oxygen atoms in total. The minimum absolute atomic E-state index is 0.121. The van der Waals surface area contributed by atoms with Crippen LogP contribution in [0, 0.1) is 18.6 Å². The summed E-state index contributed by atoms with van der Waals surface area (Å²) in [7, 11) is 0. The van der Waals surface area contributed by atoms with E-state index in [0.717, 1.165) is 6.07 Å². The summed E-state index contributed by atoms with van der Waals surface area (Å²) < 4.78 is 31.3. The summed E-state index contributed by atoms with van der Waals surface area (Å²) in [6, 6.07) is 3.34. The molecule has 0 bridgehead atoms. The van der Waals surface area contributed by atoms with Crippen molar-refractivity contribution < 1.29 is 18.3 Å². The highest BCUT2D eigenvalue weighted by Crippen LogP contribution is 2.14. The number of aryl methyl sites for hydroxylation is 1. The van der Waals surface area contributed by atoms with Crippen LogP contribution in [0.3, 0.4) is 0 Å². The van der Waals surface area contributed by atoms with Gasteiger partial charge in [-0.25, -0.2) is 23.5 Å². The van der Waals surface area contributed by atoms with Crippen LogP contribution in [-0.2, 0) is 11.2 Å². The highest BCUT2D eigenvalue weighted by Gasteiger charge is 2.13. The fourth-order valence-corrected chi connectivity index (χ4v) is 1.84. The molecule has 0 fully saturated rings. The van der Waals surface area contributed by atoms with Crippen molar-refractivity contribution in [1.29, 1.82) is 0 Å². The van der Waals surface area contributed by atoms with E-state index in [4.69, 9.17) is 4.74 Å². The van der Waals surface area contributed by atoms with Crippen LogP contribution in [0.15, 0.2) is 24.4 Å². The van der Waals surface area contributed by atoms with Crippen molar-refractivity contribution in [3.8, 4) is 0 Å². The molecule has 21 heavy (non-hydrogen) atoms.